The Labute approximate surface area is 189 Å². The molecule has 4 heterocycles. The van der Waals surface area contributed by atoms with Crippen molar-refractivity contribution in [1.82, 2.24) is 25.1 Å². The monoisotopic (exact) mass is 432 g/mol. The number of nitrogens with zero attached hydrogens (tertiary/aromatic N) is 5. The van der Waals surface area contributed by atoms with Crippen LogP contribution < -0.4 is 10.2 Å². The fraction of sp³-hybridized carbons (Fsp3) is 0.480. The SMILES string of the molecule is CN(c1cnc(-c2ccc(-n3cccn3)cc2C2CO2)cn1)C1CC(C)(C)NC(C)(C)C1. The predicted octanol–water partition coefficient (Wildman–Crippen LogP) is 4.15. The second-order valence-electron chi connectivity index (χ2n) is 10.4. The molecule has 1 aromatic carbocycles. The number of ether oxygens (including phenoxy) is 1. The summed E-state index contributed by atoms with van der Waals surface area (Å²) in [5.41, 5.74) is 4.26. The van der Waals surface area contributed by atoms with Gasteiger partial charge in [-0.25, -0.2) is 9.67 Å². The van der Waals surface area contributed by atoms with E-state index in [1.807, 2.05) is 29.3 Å². The molecule has 168 valence electrons. The van der Waals surface area contributed by atoms with Gasteiger partial charge in [0, 0.05) is 42.1 Å². The van der Waals surface area contributed by atoms with E-state index in [-0.39, 0.29) is 17.2 Å². The van der Waals surface area contributed by atoms with Crippen molar-refractivity contribution >= 4 is 5.82 Å². The summed E-state index contributed by atoms with van der Waals surface area (Å²) >= 11 is 0. The molecule has 0 bridgehead atoms. The number of benzene rings is 1. The molecular weight excluding hydrogens is 400 g/mol. The molecule has 0 aliphatic carbocycles. The van der Waals surface area contributed by atoms with E-state index in [4.69, 9.17) is 14.7 Å². The van der Waals surface area contributed by atoms with Crippen molar-refractivity contribution < 1.29 is 4.74 Å². The molecule has 0 spiro atoms. The topological polar surface area (TPSA) is 71.4 Å². The third-order valence-corrected chi connectivity index (χ3v) is 6.48. The van der Waals surface area contributed by atoms with E-state index in [1.165, 1.54) is 0 Å². The van der Waals surface area contributed by atoms with Crippen molar-refractivity contribution in [3.8, 4) is 16.9 Å². The van der Waals surface area contributed by atoms with Crippen molar-refractivity contribution in [3.63, 3.8) is 0 Å². The summed E-state index contributed by atoms with van der Waals surface area (Å²) in [5, 5.41) is 8.10. The standard InChI is InChI=1S/C25H32N6O/c1-24(2)12-18(13-25(3,4)29-24)30(5)23-15-26-21(14-27-23)19-8-7-17(31-10-6-9-28-31)11-20(19)22-16-32-22/h6-11,14-15,18,22,29H,12-13,16H2,1-5H3. The van der Waals surface area contributed by atoms with E-state index in [9.17, 15) is 0 Å². The van der Waals surface area contributed by atoms with Crippen LogP contribution in [-0.4, -0.2) is 50.5 Å². The number of aromatic nitrogens is 4. The Morgan fingerprint density at radius 3 is 2.44 bits per heavy atom. The van der Waals surface area contributed by atoms with Gasteiger partial charge in [0.05, 0.1) is 30.4 Å². The minimum absolute atomic E-state index is 0.0868. The Morgan fingerprint density at radius 2 is 1.84 bits per heavy atom. The first kappa shape index (κ1) is 21.1. The van der Waals surface area contributed by atoms with Crippen LogP contribution in [0.5, 0.6) is 0 Å². The summed E-state index contributed by atoms with van der Waals surface area (Å²) in [7, 11) is 2.13. The van der Waals surface area contributed by atoms with Crippen LogP contribution in [0, 0.1) is 0 Å². The minimum Gasteiger partial charge on any atom is -0.368 e. The summed E-state index contributed by atoms with van der Waals surface area (Å²) in [6, 6.07) is 8.63. The Balaban J connectivity index is 1.40. The zero-order chi connectivity index (χ0) is 22.5. The highest BCUT2D eigenvalue weighted by atomic mass is 16.6. The van der Waals surface area contributed by atoms with Crippen LogP contribution in [0.15, 0.2) is 49.1 Å². The first-order valence-electron chi connectivity index (χ1n) is 11.3. The van der Waals surface area contributed by atoms with Crippen LogP contribution in [-0.2, 0) is 4.74 Å². The van der Waals surface area contributed by atoms with E-state index in [0.29, 0.717) is 6.04 Å². The molecule has 2 aromatic heterocycles. The summed E-state index contributed by atoms with van der Waals surface area (Å²) in [4.78, 5) is 11.9. The average Bonchev–Trinajstić information content (AvgIpc) is 3.44. The maximum atomic E-state index is 5.62. The van der Waals surface area contributed by atoms with Gasteiger partial charge in [0.15, 0.2) is 0 Å². The molecule has 2 aliphatic rings. The predicted molar refractivity (Wildman–Crippen MR) is 126 cm³/mol. The molecule has 1 N–H and O–H groups in total. The van der Waals surface area contributed by atoms with Crippen molar-refractivity contribution in [2.75, 3.05) is 18.6 Å². The van der Waals surface area contributed by atoms with Crippen molar-refractivity contribution in [2.45, 2.75) is 63.8 Å². The minimum atomic E-state index is 0.0868. The van der Waals surface area contributed by atoms with Crippen LogP contribution in [0.2, 0.25) is 0 Å². The van der Waals surface area contributed by atoms with Crippen molar-refractivity contribution in [1.29, 1.82) is 0 Å². The van der Waals surface area contributed by atoms with Gasteiger partial charge in [-0.05, 0) is 64.3 Å². The number of hydrogen-bond donors (Lipinski definition) is 1. The maximum absolute atomic E-state index is 5.62. The summed E-state index contributed by atoms with van der Waals surface area (Å²) in [6.45, 7) is 9.84. The molecule has 2 fully saturated rings. The summed E-state index contributed by atoms with van der Waals surface area (Å²) < 4.78 is 7.48. The van der Waals surface area contributed by atoms with Gasteiger partial charge in [-0.3, -0.25) is 4.98 Å². The Morgan fingerprint density at radius 1 is 1.09 bits per heavy atom. The van der Waals surface area contributed by atoms with Crippen molar-refractivity contribution in [2.24, 2.45) is 0 Å². The quantitative estimate of drug-likeness (QED) is 0.611. The molecule has 2 aliphatic heterocycles. The van der Waals surface area contributed by atoms with E-state index < -0.39 is 0 Å². The molecule has 2 saturated heterocycles. The smallest absolute Gasteiger partial charge is 0.147 e. The first-order valence-corrected chi connectivity index (χ1v) is 11.3. The van der Waals surface area contributed by atoms with Crippen LogP contribution in [0.3, 0.4) is 0 Å². The molecular formula is C25H32N6O. The molecule has 7 nitrogen and oxygen atoms in total. The van der Waals surface area contributed by atoms with E-state index in [0.717, 1.165) is 47.8 Å². The van der Waals surface area contributed by atoms with Gasteiger partial charge in [-0.2, -0.15) is 5.10 Å². The lowest BCUT2D eigenvalue weighted by Gasteiger charge is -2.49. The highest BCUT2D eigenvalue weighted by Gasteiger charge is 2.39. The molecule has 0 saturated carbocycles. The van der Waals surface area contributed by atoms with Crippen LogP contribution in [0.1, 0.15) is 52.2 Å². The summed E-state index contributed by atoms with van der Waals surface area (Å²) in [6.07, 6.45) is 9.76. The van der Waals surface area contributed by atoms with E-state index in [2.05, 4.69) is 68.3 Å². The average molecular weight is 433 g/mol. The lowest BCUT2D eigenvalue weighted by molar-refractivity contribution is 0.160. The molecule has 1 atom stereocenters. The second-order valence-corrected chi connectivity index (χ2v) is 10.4. The van der Waals surface area contributed by atoms with Gasteiger partial charge < -0.3 is 15.0 Å². The number of rotatable bonds is 5. The van der Waals surface area contributed by atoms with Gasteiger partial charge in [-0.15, -0.1) is 0 Å². The molecule has 1 unspecified atom stereocenters. The number of anilines is 1. The van der Waals surface area contributed by atoms with E-state index >= 15 is 0 Å². The van der Waals surface area contributed by atoms with Gasteiger partial charge in [-0.1, -0.05) is 6.07 Å². The van der Waals surface area contributed by atoms with Crippen LogP contribution in [0.4, 0.5) is 5.82 Å². The van der Waals surface area contributed by atoms with Gasteiger partial charge in [0.25, 0.3) is 0 Å². The third kappa shape index (κ3) is 4.27. The lowest BCUT2D eigenvalue weighted by Crippen LogP contribution is -2.62. The highest BCUT2D eigenvalue weighted by Crippen LogP contribution is 2.38. The molecule has 3 aromatic rings. The number of hydrogen-bond acceptors (Lipinski definition) is 6. The van der Waals surface area contributed by atoms with Gasteiger partial charge in [0.1, 0.15) is 11.9 Å². The summed E-state index contributed by atoms with van der Waals surface area (Å²) in [5.74, 6) is 0.907. The van der Waals surface area contributed by atoms with Gasteiger partial charge >= 0.3 is 0 Å². The third-order valence-electron chi connectivity index (χ3n) is 6.48. The van der Waals surface area contributed by atoms with Gasteiger partial charge in [0.2, 0.25) is 0 Å². The second kappa shape index (κ2) is 7.67. The first-order chi connectivity index (χ1) is 15.2. The zero-order valence-corrected chi connectivity index (χ0v) is 19.5. The molecule has 32 heavy (non-hydrogen) atoms. The Kier molecular flexibility index (Phi) is 5.06. The lowest BCUT2D eigenvalue weighted by atomic mass is 9.79. The largest absolute Gasteiger partial charge is 0.368 e. The number of piperidine rings is 1. The highest BCUT2D eigenvalue weighted by molar-refractivity contribution is 5.67. The van der Waals surface area contributed by atoms with Crippen LogP contribution in [0.25, 0.3) is 16.9 Å². The van der Waals surface area contributed by atoms with Crippen LogP contribution >= 0.6 is 0 Å². The Bertz CT molecular complexity index is 1070. The molecule has 7 heteroatoms. The fourth-order valence-electron chi connectivity index (χ4n) is 5.21. The molecule has 0 radical (unpaired) electrons. The fourth-order valence-corrected chi connectivity index (χ4v) is 5.21. The zero-order valence-electron chi connectivity index (χ0n) is 19.5. The van der Waals surface area contributed by atoms with Crippen molar-refractivity contribution in [3.05, 3.63) is 54.6 Å². The molecule has 0 amide bonds. The Hall–Kier alpha value is -2.77. The van der Waals surface area contributed by atoms with E-state index in [1.54, 1.807) is 6.20 Å². The number of epoxide rings is 1. The number of nitrogens with one attached hydrogen (secondary N) is 1. The molecule has 5 rings (SSSR count). The maximum Gasteiger partial charge on any atom is 0.147 e. The normalized spacial score (nSPS) is 22.0.